The summed E-state index contributed by atoms with van der Waals surface area (Å²) in [5.74, 6) is 6.70. The van der Waals surface area contributed by atoms with E-state index in [4.69, 9.17) is 0 Å². The van der Waals surface area contributed by atoms with Crippen molar-refractivity contribution in [2.75, 3.05) is 0 Å². The van der Waals surface area contributed by atoms with Crippen LogP contribution >= 0.6 is 0 Å². The van der Waals surface area contributed by atoms with E-state index in [1.165, 1.54) is 11.4 Å². The summed E-state index contributed by atoms with van der Waals surface area (Å²) in [5.41, 5.74) is 9.41. The first-order chi connectivity index (χ1) is 9.58. The lowest BCUT2D eigenvalue weighted by molar-refractivity contribution is -0.685. The molecule has 21 heavy (non-hydrogen) atoms. The van der Waals surface area contributed by atoms with Crippen molar-refractivity contribution < 1.29 is 4.57 Å². The minimum atomic E-state index is -1.27. The zero-order chi connectivity index (χ0) is 16.1. The molecule has 3 heteroatoms. The summed E-state index contributed by atoms with van der Waals surface area (Å²) >= 11 is 0. The van der Waals surface area contributed by atoms with Crippen LogP contribution in [0.4, 0.5) is 0 Å². The molecular formula is C18H28NSi2+. The second-order valence-corrected chi connectivity index (χ2v) is 17.0. The molecule has 1 rings (SSSR count). The molecule has 0 aliphatic heterocycles. The highest BCUT2D eigenvalue weighted by Gasteiger charge is 2.12. The normalized spacial score (nSPS) is 11.2. The molecule has 0 aliphatic carbocycles. The molecule has 1 nitrogen and oxygen atoms in total. The van der Waals surface area contributed by atoms with Crippen LogP contribution in [0.15, 0.2) is 18.2 Å². The first-order valence-electron chi connectivity index (χ1n) is 7.55. The Hall–Kier alpha value is -1.30. The topological polar surface area (TPSA) is 3.88 Å². The Morgan fingerprint density at radius 3 is 1.52 bits per heavy atom. The number of hydrogen-bond acceptors (Lipinski definition) is 0. The number of nitrogens with zero attached hydrogens (tertiary/aromatic N) is 1. The number of pyridine rings is 1. The van der Waals surface area contributed by atoms with Gasteiger partial charge in [0, 0.05) is 12.1 Å². The van der Waals surface area contributed by atoms with Crippen LogP contribution in [-0.4, -0.2) is 16.1 Å². The highest BCUT2D eigenvalue weighted by Crippen LogP contribution is 2.01. The molecule has 0 fully saturated rings. The Bertz CT molecular complexity index is 559. The molecule has 0 atom stereocenters. The summed E-state index contributed by atoms with van der Waals surface area (Å²) in [6.07, 6.45) is 1.66. The molecule has 1 aromatic heterocycles. The fourth-order valence-electron chi connectivity index (χ4n) is 1.83. The zero-order valence-electron chi connectivity index (χ0n) is 14.6. The van der Waals surface area contributed by atoms with Crippen molar-refractivity contribution in [2.24, 2.45) is 7.05 Å². The lowest BCUT2D eigenvalue weighted by atomic mass is 10.2. The van der Waals surface area contributed by atoms with E-state index in [1.807, 2.05) is 0 Å². The quantitative estimate of drug-likeness (QED) is 0.448. The largest absolute Gasteiger partial charge is 0.201 e. The van der Waals surface area contributed by atoms with Crippen LogP contribution in [0, 0.1) is 22.9 Å². The van der Waals surface area contributed by atoms with Crippen molar-refractivity contribution in [2.45, 2.75) is 52.1 Å². The molecule has 1 heterocycles. The van der Waals surface area contributed by atoms with Gasteiger partial charge in [-0.25, -0.2) is 4.57 Å². The van der Waals surface area contributed by atoms with Crippen molar-refractivity contribution in [3.05, 3.63) is 29.6 Å². The van der Waals surface area contributed by atoms with E-state index >= 15 is 0 Å². The Morgan fingerprint density at radius 2 is 1.19 bits per heavy atom. The van der Waals surface area contributed by atoms with E-state index in [0.29, 0.717) is 0 Å². The van der Waals surface area contributed by atoms with Gasteiger partial charge in [-0.3, -0.25) is 0 Å². The second kappa shape index (κ2) is 7.12. The fraction of sp³-hybridized carbons (Fsp3) is 0.500. The van der Waals surface area contributed by atoms with Gasteiger partial charge in [0.1, 0.15) is 23.2 Å². The SMILES string of the molecule is C[n+]1c(CC#C[Si](C)(C)C)cccc1CC#C[Si](C)(C)C. The lowest BCUT2D eigenvalue weighted by Crippen LogP contribution is -2.38. The van der Waals surface area contributed by atoms with E-state index < -0.39 is 16.1 Å². The second-order valence-electron chi connectivity index (χ2n) is 7.52. The first kappa shape index (κ1) is 17.8. The maximum Gasteiger partial charge on any atom is 0.193 e. The molecule has 0 N–H and O–H groups in total. The molecule has 112 valence electrons. The minimum absolute atomic E-state index is 0.829. The van der Waals surface area contributed by atoms with Gasteiger partial charge in [-0.2, -0.15) is 0 Å². The van der Waals surface area contributed by atoms with Crippen molar-refractivity contribution in [1.82, 2.24) is 0 Å². The maximum absolute atomic E-state index is 3.43. The molecule has 0 unspecified atom stereocenters. The van der Waals surface area contributed by atoms with E-state index in [0.717, 1.165) is 12.8 Å². The van der Waals surface area contributed by atoms with Gasteiger partial charge in [-0.15, -0.1) is 11.1 Å². The van der Waals surface area contributed by atoms with Crippen molar-refractivity contribution in [3.8, 4) is 22.9 Å². The van der Waals surface area contributed by atoms with Crippen molar-refractivity contribution in [1.29, 1.82) is 0 Å². The van der Waals surface area contributed by atoms with Crippen LogP contribution in [0.25, 0.3) is 0 Å². The standard InChI is InChI=1S/C18H28NSi2/c1-19-17(13-9-15-20(2,3)4)11-8-12-18(19)14-10-16-21(5,6)7/h8,11-12H,13-14H2,1-7H3/q+1. The van der Waals surface area contributed by atoms with Crippen LogP contribution in [0.2, 0.25) is 39.3 Å². The third kappa shape index (κ3) is 7.32. The maximum atomic E-state index is 3.43. The lowest BCUT2D eigenvalue weighted by Gasteiger charge is -2.04. The van der Waals surface area contributed by atoms with Crippen molar-refractivity contribution in [3.63, 3.8) is 0 Å². The predicted molar refractivity (Wildman–Crippen MR) is 97.3 cm³/mol. The molecule has 0 spiro atoms. The van der Waals surface area contributed by atoms with Crippen LogP contribution in [0.3, 0.4) is 0 Å². The van der Waals surface area contributed by atoms with Gasteiger partial charge in [-0.1, -0.05) is 51.1 Å². The Kier molecular flexibility index (Phi) is 6.02. The highest BCUT2D eigenvalue weighted by molar-refractivity contribution is 6.84. The van der Waals surface area contributed by atoms with Crippen LogP contribution < -0.4 is 4.57 Å². The van der Waals surface area contributed by atoms with Gasteiger partial charge >= 0.3 is 0 Å². The number of hydrogen-bond donors (Lipinski definition) is 0. The summed E-state index contributed by atoms with van der Waals surface area (Å²) in [5, 5.41) is 0. The van der Waals surface area contributed by atoms with Gasteiger partial charge < -0.3 is 0 Å². The Labute approximate surface area is 132 Å². The third-order valence-electron chi connectivity index (χ3n) is 2.90. The Balaban J connectivity index is 2.87. The zero-order valence-corrected chi connectivity index (χ0v) is 16.6. The van der Waals surface area contributed by atoms with Crippen LogP contribution in [-0.2, 0) is 19.9 Å². The molecule has 0 aromatic carbocycles. The molecule has 0 saturated carbocycles. The molecular weight excluding hydrogens is 286 g/mol. The average molecular weight is 315 g/mol. The van der Waals surface area contributed by atoms with Gasteiger partial charge in [0.2, 0.25) is 0 Å². The molecule has 0 aliphatic rings. The minimum Gasteiger partial charge on any atom is -0.201 e. The third-order valence-corrected chi connectivity index (χ3v) is 4.76. The van der Waals surface area contributed by atoms with E-state index in [-0.39, 0.29) is 0 Å². The van der Waals surface area contributed by atoms with Crippen molar-refractivity contribution >= 4 is 16.1 Å². The average Bonchev–Trinajstić information content (AvgIpc) is 2.30. The molecule has 1 aromatic rings. The summed E-state index contributed by atoms with van der Waals surface area (Å²) in [6, 6.07) is 6.44. The van der Waals surface area contributed by atoms with Gasteiger partial charge in [0.05, 0.1) is 12.8 Å². The Morgan fingerprint density at radius 1 is 0.810 bits per heavy atom. The van der Waals surface area contributed by atoms with E-state index in [9.17, 15) is 0 Å². The fourth-order valence-corrected chi connectivity index (χ4v) is 3.07. The molecule has 0 bridgehead atoms. The van der Waals surface area contributed by atoms with Crippen LogP contribution in [0.5, 0.6) is 0 Å². The molecule has 0 saturated heterocycles. The van der Waals surface area contributed by atoms with Gasteiger partial charge in [0.15, 0.2) is 11.4 Å². The first-order valence-corrected chi connectivity index (χ1v) is 14.6. The smallest absolute Gasteiger partial charge is 0.193 e. The summed E-state index contributed by atoms with van der Waals surface area (Å²) in [7, 11) is -0.422. The van der Waals surface area contributed by atoms with Crippen LogP contribution in [0.1, 0.15) is 11.4 Å². The van der Waals surface area contributed by atoms with Gasteiger partial charge in [0.25, 0.3) is 0 Å². The van der Waals surface area contributed by atoms with Gasteiger partial charge in [-0.05, 0) is 6.07 Å². The number of rotatable bonds is 2. The summed E-state index contributed by atoms with van der Waals surface area (Å²) in [4.78, 5) is 0. The molecule has 0 amide bonds. The van der Waals surface area contributed by atoms with E-state index in [1.54, 1.807) is 0 Å². The molecule has 0 radical (unpaired) electrons. The predicted octanol–water partition coefficient (Wildman–Crippen LogP) is 3.36. The van der Waals surface area contributed by atoms with E-state index in [2.05, 4.69) is 92.0 Å². The summed E-state index contributed by atoms with van der Waals surface area (Å²) in [6.45, 7) is 13.7. The monoisotopic (exact) mass is 314 g/mol. The number of aromatic nitrogens is 1. The summed E-state index contributed by atoms with van der Waals surface area (Å²) < 4.78 is 2.25. The highest BCUT2D eigenvalue weighted by atomic mass is 28.3.